The molecule has 0 radical (unpaired) electrons. The predicted octanol–water partition coefficient (Wildman–Crippen LogP) is 1.79. The molecule has 0 atom stereocenters. The molecule has 1 aromatic carbocycles. The number of hydrogen-bond acceptors (Lipinski definition) is 3. The molecule has 0 bridgehead atoms. The van der Waals surface area contributed by atoms with Gasteiger partial charge in [-0.1, -0.05) is 13.0 Å². The van der Waals surface area contributed by atoms with Gasteiger partial charge in [-0.2, -0.15) is 0 Å². The number of piperidine rings is 1. The monoisotopic (exact) mass is 289 g/mol. The molecule has 1 fully saturated rings. The first kappa shape index (κ1) is 15.4. The highest BCUT2D eigenvalue weighted by Crippen LogP contribution is 2.15. The summed E-state index contributed by atoms with van der Waals surface area (Å²) in [6.07, 6.45) is 3.05. The van der Waals surface area contributed by atoms with Gasteiger partial charge in [-0.15, -0.1) is 0 Å². The molecule has 0 saturated carbocycles. The maximum Gasteiger partial charge on any atom is 0.253 e. The summed E-state index contributed by atoms with van der Waals surface area (Å²) >= 11 is 0. The lowest BCUT2D eigenvalue weighted by molar-refractivity contribution is -0.122. The molecular formula is C16H23N3O2. The molecule has 5 nitrogen and oxygen atoms in total. The first-order valence-corrected chi connectivity index (χ1v) is 7.54. The Labute approximate surface area is 125 Å². The van der Waals surface area contributed by atoms with Crippen LogP contribution in [-0.4, -0.2) is 35.8 Å². The van der Waals surface area contributed by atoms with Gasteiger partial charge < -0.3 is 16.0 Å². The Morgan fingerprint density at radius 1 is 1.33 bits per heavy atom. The van der Waals surface area contributed by atoms with E-state index < -0.39 is 0 Å². The molecule has 0 aliphatic carbocycles. The van der Waals surface area contributed by atoms with Gasteiger partial charge in [0.05, 0.1) is 0 Å². The second kappa shape index (κ2) is 7.11. The molecule has 2 amide bonds. The molecule has 0 unspecified atom stereocenters. The third kappa shape index (κ3) is 4.21. The number of benzene rings is 1. The second-order valence-corrected chi connectivity index (χ2v) is 5.51. The van der Waals surface area contributed by atoms with E-state index in [4.69, 9.17) is 5.73 Å². The molecule has 114 valence electrons. The van der Waals surface area contributed by atoms with Crippen LogP contribution < -0.4 is 11.1 Å². The van der Waals surface area contributed by atoms with Gasteiger partial charge in [0.25, 0.3) is 5.91 Å². The number of hydrogen-bond donors (Lipinski definition) is 2. The zero-order chi connectivity index (χ0) is 15.2. The van der Waals surface area contributed by atoms with E-state index >= 15 is 0 Å². The van der Waals surface area contributed by atoms with Crippen LogP contribution in [0.4, 0.5) is 5.69 Å². The fourth-order valence-corrected chi connectivity index (χ4v) is 2.61. The lowest BCUT2D eigenvalue weighted by atomic mass is 10.0. The minimum Gasteiger partial charge on any atom is -0.399 e. The Balaban J connectivity index is 1.86. The summed E-state index contributed by atoms with van der Waals surface area (Å²) < 4.78 is 0. The van der Waals surface area contributed by atoms with E-state index in [1.54, 1.807) is 24.3 Å². The highest BCUT2D eigenvalue weighted by atomic mass is 16.2. The van der Waals surface area contributed by atoms with Crippen molar-refractivity contribution in [2.75, 3.05) is 18.8 Å². The molecule has 1 aliphatic rings. The number of nitrogens with zero attached hydrogens (tertiary/aromatic N) is 1. The SMILES string of the molecule is CCCC(=O)NC1CCN(C(=O)c2cccc(N)c2)CC1. The Kier molecular flexibility index (Phi) is 5.20. The van der Waals surface area contributed by atoms with Crippen molar-refractivity contribution in [2.45, 2.75) is 38.6 Å². The Morgan fingerprint density at radius 2 is 2.05 bits per heavy atom. The third-order valence-electron chi connectivity index (χ3n) is 3.76. The van der Waals surface area contributed by atoms with E-state index in [0.717, 1.165) is 19.3 Å². The number of nitrogens with one attached hydrogen (secondary N) is 1. The van der Waals surface area contributed by atoms with Crippen molar-refractivity contribution in [3.05, 3.63) is 29.8 Å². The number of carbonyl (C=O) groups excluding carboxylic acids is 2. The molecule has 2 rings (SSSR count). The normalized spacial score (nSPS) is 15.8. The summed E-state index contributed by atoms with van der Waals surface area (Å²) in [5.41, 5.74) is 6.94. The predicted molar refractivity (Wildman–Crippen MR) is 82.8 cm³/mol. The Hall–Kier alpha value is -2.04. The van der Waals surface area contributed by atoms with Crippen LogP contribution in [0.15, 0.2) is 24.3 Å². The molecule has 1 heterocycles. The van der Waals surface area contributed by atoms with Gasteiger partial charge in [-0.3, -0.25) is 9.59 Å². The van der Waals surface area contributed by atoms with Crippen LogP contribution in [0.3, 0.4) is 0 Å². The number of anilines is 1. The molecular weight excluding hydrogens is 266 g/mol. The van der Waals surface area contributed by atoms with Crippen molar-refractivity contribution in [3.8, 4) is 0 Å². The highest BCUT2D eigenvalue weighted by Gasteiger charge is 2.24. The van der Waals surface area contributed by atoms with E-state index in [0.29, 0.717) is 30.8 Å². The molecule has 1 saturated heterocycles. The Bertz CT molecular complexity index is 508. The molecule has 0 aromatic heterocycles. The number of carbonyl (C=O) groups is 2. The van der Waals surface area contributed by atoms with Crippen LogP contribution in [0.25, 0.3) is 0 Å². The fraction of sp³-hybridized carbons (Fsp3) is 0.500. The van der Waals surface area contributed by atoms with Crippen molar-refractivity contribution in [3.63, 3.8) is 0 Å². The van der Waals surface area contributed by atoms with Gasteiger partial charge in [-0.05, 0) is 37.5 Å². The van der Waals surface area contributed by atoms with Gasteiger partial charge in [0.15, 0.2) is 0 Å². The largest absolute Gasteiger partial charge is 0.399 e. The number of nitrogens with two attached hydrogens (primary N) is 1. The average Bonchev–Trinajstić information content (AvgIpc) is 2.47. The minimum absolute atomic E-state index is 0.0145. The second-order valence-electron chi connectivity index (χ2n) is 5.51. The van der Waals surface area contributed by atoms with Gasteiger partial charge >= 0.3 is 0 Å². The van der Waals surface area contributed by atoms with E-state index in [9.17, 15) is 9.59 Å². The molecule has 1 aliphatic heterocycles. The summed E-state index contributed by atoms with van der Waals surface area (Å²) in [5.74, 6) is 0.124. The first-order chi connectivity index (χ1) is 10.1. The van der Waals surface area contributed by atoms with E-state index in [2.05, 4.69) is 5.32 Å². The maximum atomic E-state index is 12.4. The fourth-order valence-electron chi connectivity index (χ4n) is 2.61. The molecule has 0 spiro atoms. The molecule has 21 heavy (non-hydrogen) atoms. The minimum atomic E-state index is 0.0145. The van der Waals surface area contributed by atoms with Crippen LogP contribution in [0, 0.1) is 0 Å². The van der Waals surface area contributed by atoms with Gasteiger partial charge in [-0.25, -0.2) is 0 Å². The van der Waals surface area contributed by atoms with Crippen LogP contribution in [0.5, 0.6) is 0 Å². The topological polar surface area (TPSA) is 75.4 Å². The quantitative estimate of drug-likeness (QED) is 0.830. The van der Waals surface area contributed by atoms with Crippen molar-refractivity contribution in [1.82, 2.24) is 10.2 Å². The summed E-state index contributed by atoms with van der Waals surface area (Å²) in [4.78, 5) is 25.8. The number of amides is 2. The number of nitrogen functional groups attached to an aromatic ring is 1. The van der Waals surface area contributed by atoms with Crippen molar-refractivity contribution in [2.24, 2.45) is 0 Å². The van der Waals surface area contributed by atoms with Crippen molar-refractivity contribution < 1.29 is 9.59 Å². The van der Waals surface area contributed by atoms with Crippen LogP contribution in [0.1, 0.15) is 43.0 Å². The van der Waals surface area contributed by atoms with Crippen LogP contribution in [-0.2, 0) is 4.79 Å². The van der Waals surface area contributed by atoms with E-state index in [1.807, 2.05) is 11.8 Å². The maximum absolute atomic E-state index is 12.4. The van der Waals surface area contributed by atoms with Crippen molar-refractivity contribution >= 4 is 17.5 Å². The summed E-state index contributed by atoms with van der Waals surface area (Å²) in [5, 5.41) is 3.03. The highest BCUT2D eigenvalue weighted by molar-refractivity contribution is 5.95. The molecule has 3 N–H and O–H groups in total. The summed E-state index contributed by atoms with van der Waals surface area (Å²) in [7, 11) is 0. The first-order valence-electron chi connectivity index (χ1n) is 7.54. The zero-order valence-corrected chi connectivity index (χ0v) is 12.5. The van der Waals surface area contributed by atoms with E-state index in [1.165, 1.54) is 0 Å². The number of likely N-dealkylation sites (tertiary alicyclic amines) is 1. The van der Waals surface area contributed by atoms with Crippen LogP contribution >= 0.6 is 0 Å². The molecule has 5 heteroatoms. The average molecular weight is 289 g/mol. The van der Waals surface area contributed by atoms with Crippen molar-refractivity contribution in [1.29, 1.82) is 0 Å². The molecule has 1 aromatic rings. The van der Waals surface area contributed by atoms with Crippen LogP contribution in [0.2, 0.25) is 0 Å². The third-order valence-corrected chi connectivity index (χ3v) is 3.76. The van der Waals surface area contributed by atoms with Gasteiger partial charge in [0, 0.05) is 36.8 Å². The lowest BCUT2D eigenvalue weighted by Crippen LogP contribution is -2.46. The number of rotatable bonds is 4. The summed E-state index contributed by atoms with van der Waals surface area (Å²) in [6, 6.07) is 7.24. The Morgan fingerprint density at radius 3 is 2.67 bits per heavy atom. The summed E-state index contributed by atoms with van der Waals surface area (Å²) in [6.45, 7) is 3.34. The smallest absolute Gasteiger partial charge is 0.253 e. The van der Waals surface area contributed by atoms with E-state index in [-0.39, 0.29) is 17.9 Å². The van der Waals surface area contributed by atoms with Gasteiger partial charge in [0.2, 0.25) is 5.91 Å². The zero-order valence-electron chi connectivity index (χ0n) is 12.5. The van der Waals surface area contributed by atoms with Gasteiger partial charge in [0.1, 0.15) is 0 Å². The lowest BCUT2D eigenvalue weighted by Gasteiger charge is -2.32. The standard InChI is InChI=1S/C16H23N3O2/c1-2-4-15(20)18-14-7-9-19(10-8-14)16(21)12-5-3-6-13(17)11-12/h3,5-6,11,14H,2,4,7-10,17H2,1H3,(H,18,20).